The highest BCUT2D eigenvalue weighted by Crippen LogP contribution is 2.24. The molecule has 0 saturated carbocycles. The Bertz CT molecular complexity index is 1310. The molecule has 3 heterocycles. The number of benzene rings is 1. The zero-order valence-corrected chi connectivity index (χ0v) is 16.7. The number of ether oxygens (including phenoxy) is 1. The third-order valence-electron chi connectivity index (χ3n) is 4.79. The van der Waals surface area contributed by atoms with Crippen LogP contribution in [0, 0.1) is 6.92 Å². The first-order chi connectivity index (χ1) is 14.0. The van der Waals surface area contributed by atoms with E-state index in [4.69, 9.17) is 16.3 Å². The largest absolute Gasteiger partial charge is 0.456 e. The van der Waals surface area contributed by atoms with Crippen molar-refractivity contribution in [2.75, 3.05) is 0 Å². The van der Waals surface area contributed by atoms with Crippen LogP contribution in [0.25, 0.3) is 16.6 Å². The van der Waals surface area contributed by atoms with Crippen LogP contribution in [0.1, 0.15) is 34.2 Å². The van der Waals surface area contributed by atoms with Crippen LogP contribution in [0.15, 0.2) is 53.5 Å². The summed E-state index contributed by atoms with van der Waals surface area (Å²) < 4.78 is 6.85. The average molecular weight is 408 g/mol. The molecule has 0 unspecified atom stereocenters. The summed E-state index contributed by atoms with van der Waals surface area (Å²) in [6.45, 7) is 3.73. The van der Waals surface area contributed by atoms with Gasteiger partial charge in [0.15, 0.2) is 0 Å². The summed E-state index contributed by atoms with van der Waals surface area (Å²) in [6.07, 6.45) is 2.10. The fourth-order valence-corrected chi connectivity index (χ4v) is 3.54. The first kappa shape index (κ1) is 19.1. The van der Waals surface area contributed by atoms with Crippen molar-refractivity contribution in [3.8, 4) is 0 Å². The second kappa shape index (κ2) is 7.64. The van der Waals surface area contributed by atoms with Gasteiger partial charge in [-0.1, -0.05) is 36.7 Å². The smallest absolute Gasteiger partial charge is 0.340 e. The monoisotopic (exact) mass is 407 g/mol. The molecule has 0 atom stereocenters. The van der Waals surface area contributed by atoms with E-state index in [-0.39, 0.29) is 12.2 Å². The molecule has 3 aromatic heterocycles. The number of fused-ring (bicyclic) bond motifs is 2. The number of nitrogens with zero attached hydrogens (tertiary/aromatic N) is 3. The normalized spacial score (nSPS) is 11.1. The number of halogens is 1. The number of para-hydroxylation sites is 1. The lowest BCUT2D eigenvalue weighted by Crippen LogP contribution is -2.17. The van der Waals surface area contributed by atoms with Gasteiger partial charge in [0.1, 0.15) is 12.3 Å². The summed E-state index contributed by atoms with van der Waals surface area (Å²) in [5.41, 5.74) is 3.35. The number of pyridine rings is 2. The van der Waals surface area contributed by atoms with Gasteiger partial charge >= 0.3 is 5.97 Å². The van der Waals surface area contributed by atoms with Gasteiger partial charge in [-0.25, -0.2) is 9.78 Å². The number of hydrogen-bond acceptors (Lipinski definition) is 5. The Morgan fingerprint density at radius 1 is 1.17 bits per heavy atom. The van der Waals surface area contributed by atoms with Gasteiger partial charge in [-0.15, -0.1) is 0 Å². The number of esters is 1. The van der Waals surface area contributed by atoms with Crippen molar-refractivity contribution in [1.29, 1.82) is 0 Å². The molecule has 6 nitrogen and oxygen atoms in total. The van der Waals surface area contributed by atoms with E-state index in [0.29, 0.717) is 34.0 Å². The highest BCUT2D eigenvalue weighted by molar-refractivity contribution is 6.30. The molecule has 0 bridgehead atoms. The summed E-state index contributed by atoms with van der Waals surface area (Å²) in [4.78, 5) is 34.1. The number of aromatic nitrogens is 3. The maximum atomic E-state index is 12.9. The predicted octanol–water partition coefficient (Wildman–Crippen LogP) is 4.12. The summed E-state index contributed by atoms with van der Waals surface area (Å²) in [5.74, 6) is -0.476. The third kappa shape index (κ3) is 3.59. The van der Waals surface area contributed by atoms with Gasteiger partial charge in [-0.05, 0) is 37.1 Å². The zero-order chi connectivity index (χ0) is 20.5. The Labute approximate surface area is 171 Å². The Kier molecular flexibility index (Phi) is 5.03. The van der Waals surface area contributed by atoms with Crippen LogP contribution in [-0.2, 0) is 17.8 Å². The van der Waals surface area contributed by atoms with Gasteiger partial charge in [0.2, 0.25) is 0 Å². The maximum Gasteiger partial charge on any atom is 0.340 e. The van der Waals surface area contributed by atoms with Gasteiger partial charge in [-0.2, -0.15) is 0 Å². The van der Waals surface area contributed by atoms with Gasteiger partial charge in [0.25, 0.3) is 5.56 Å². The molecule has 4 aromatic rings. The fraction of sp³-hybridized carbons (Fsp3) is 0.182. The van der Waals surface area contributed by atoms with E-state index in [9.17, 15) is 9.59 Å². The van der Waals surface area contributed by atoms with Crippen LogP contribution in [0.2, 0.25) is 5.02 Å². The Hall–Kier alpha value is -3.25. The number of carbonyl (C=O) groups is 1. The molecule has 0 aliphatic heterocycles. The number of carbonyl (C=O) groups excluding carboxylic acids is 1. The Balaban J connectivity index is 1.65. The van der Waals surface area contributed by atoms with Crippen molar-refractivity contribution in [2.24, 2.45) is 0 Å². The molecule has 0 amide bonds. The molecule has 4 rings (SSSR count). The minimum Gasteiger partial charge on any atom is -0.456 e. The van der Waals surface area contributed by atoms with Crippen LogP contribution in [0.5, 0.6) is 0 Å². The minimum atomic E-state index is -0.476. The van der Waals surface area contributed by atoms with E-state index < -0.39 is 5.97 Å². The molecular weight excluding hydrogens is 390 g/mol. The summed E-state index contributed by atoms with van der Waals surface area (Å²) in [7, 11) is 0. The molecule has 0 fully saturated rings. The van der Waals surface area contributed by atoms with Crippen molar-refractivity contribution in [1.82, 2.24) is 14.4 Å². The minimum absolute atomic E-state index is 0.109. The lowest BCUT2D eigenvalue weighted by molar-refractivity contribution is 0.0465. The Morgan fingerprint density at radius 3 is 2.76 bits per heavy atom. The standard InChI is InChI=1S/C22H18ClN3O3/c1-3-17-21(13(2)16-6-4-5-7-18(16)25-17)22(28)29-12-15-10-20(27)26-11-14(23)8-9-19(26)24-15/h4-11H,3,12H2,1-2H3. The van der Waals surface area contributed by atoms with E-state index in [2.05, 4.69) is 9.97 Å². The summed E-state index contributed by atoms with van der Waals surface area (Å²) in [5, 5.41) is 1.35. The Morgan fingerprint density at radius 2 is 1.97 bits per heavy atom. The second-order valence-electron chi connectivity index (χ2n) is 6.67. The zero-order valence-electron chi connectivity index (χ0n) is 16.0. The topological polar surface area (TPSA) is 73.6 Å². The molecule has 0 N–H and O–H groups in total. The summed E-state index contributed by atoms with van der Waals surface area (Å²) >= 11 is 5.92. The van der Waals surface area contributed by atoms with Crippen molar-refractivity contribution >= 4 is 34.1 Å². The molecule has 0 saturated heterocycles. The molecule has 0 aliphatic rings. The molecule has 7 heteroatoms. The predicted molar refractivity (Wildman–Crippen MR) is 111 cm³/mol. The van der Waals surface area contributed by atoms with Crippen molar-refractivity contribution in [2.45, 2.75) is 26.9 Å². The molecule has 0 aliphatic carbocycles. The lowest BCUT2D eigenvalue weighted by atomic mass is 10.0. The van der Waals surface area contributed by atoms with Crippen molar-refractivity contribution in [3.63, 3.8) is 0 Å². The van der Waals surface area contributed by atoms with Crippen LogP contribution in [0.4, 0.5) is 0 Å². The van der Waals surface area contributed by atoms with Crippen LogP contribution in [-0.4, -0.2) is 20.3 Å². The van der Waals surface area contributed by atoms with Gasteiger partial charge in [-0.3, -0.25) is 14.2 Å². The second-order valence-corrected chi connectivity index (χ2v) is 7.10. The molecule has 146 valence electrons. The van der Waals surface area contributed by atoms with Crippen molar-refractivity contribution < 1.29 is 9.53 Å². The summed E-state index contributed by atoms with van der Waals surface area (Å²) in [6, 6.07) is 12.3. The molecule has 0 radical (unpaired) electrons. The van der Waals surface area contributed by atoms with Crippen LogP contribution >= 0.6 is 11.6 Å². The van der Waals surface area contributed by atoms with E-state index in [1.165, 1.54) is 16.7 Å². The van der Waals surface area contributed by atoms with Gasteiger partial charge in [0, 0.05) is 17.6 Å². The molecule has 1 aromatic carbocycles. The van der Waals surface area contributed by atoms with Gasteiger partial charge in [0.05, 0.1) is 27.5 Å². The molecular formula is C22H18ClN3O3. The number of aryl methyl sites for hydroxylation is 2. The SMILES string of the molecule is CCc1nc2ccccc2c(C)c1C(=O)OCc1cc(=O)n2cc(Cl)ccc2n1. The van der Waals surface area contributed by atoms with Crippen LogP contribution in [0.3, 0.4) is 0 Å². The van der Waals surface area contributed by atoms with E-state index >= 15 is 0 Å². The highest BCUT2D eigenvalue weighted by atomic mass is 35.5. The first-order valence-electron chi connectivity index (χ1n) is 9.21. The van der Waals surface area contributed by atoms with E-state index in [1.807, 2.05) is 38.1 Å². The maximum absolute atomic E-state index is 12.9. The number of hydrogen-bond donors (Lipinski definition) is 0. The van der Waals surface area contributed by atoms with Crippen LogP contribution < -0.4 is 5.56 Å². The third-order valence-corrected chi connectivity index (χ3v) is 5.02. The fourth-order valence-electron chi connectivity index (χ4n) is 3.38. The molecule has 0 spiro atoms. The lowest BCUT2D eigenvalue weighted by Gasteiger charge is -2.13. The first-order valence-corrected chi connectivity index (χ1v) is 9.59. The average Bonchev–Trinajstić information content (AvgIpc) is 2.72. The number of rotatable bonds is 4. The molecule has 29 heavy (non-hydrogen) atoms. The van der Waals surface area contributed by atoms with E-state index in [0.717, 1.165) is 16.5 Å². The highest BCUT2D eigenvalue weighted by Gasteiger charge is 2.19. The quantitative estimate of drug-likeness (QED) is 0.476. The van der Waals surface area contributed by atoms with Crippen molar-refractivity contribution in [3.05, 3.63) is 86.6 Å². The van der Waals surface area contributed by atoms with Gasteiger partial charge < -0.3 is 4.74 Å². The van der Waals surface area contributed by atoms with E-state index in [1.54, 1.807) is 12.1 Å².